The molecule has 2 aromatic heterocycles. The molecule has 1 aliphatic heterocycles. The molecular weight excluding hydrogens is 395 g/mol. The number of nitrogens with zero attached hydrogens (tertiary/aromatic N) is 3. The molecule has 1 aliphatic rings. The molecule has 6 nitrogen and oxygen atoms in total. The highest BCUT2D eigenvalue weighted by Gasteiger charge is 2.28. The van der Waals surface area contributed by atoms with E-state index < -0.39 is 0 Å². The Labute approximate surface area is 182 Å². The third-order valence-electron chi connectivity index (χ3n) is 5.97. The molecule has 0 radical (unpaired) electrons. The Bertz CT molecular complexity index is 1040. The van der Waals surface area contributed by atoms with Crippen LogP contribution >= 0.6 is 0 Å². The van der Waals surface area contributed by atoms with Gasteiger partial charge in [-0.3, -0.25) is 9.78 Å². The number of amides is 1. The lowest BCUT2D eigenvalue weighted by molar-refractivity contribution is 0.0714. The number of carbonyl (C=O) groups excluding carboxylic acids is 1. The summed E-state index contributed by atoms with van der Waals surface area (Å²) in [6.07, 6.45) is 6.85. The number of aromatic nitrogens is 2. The minimum Gasteiger partial charge on any atom is -0.383 e. The molecule has 7 heteroatoms. The van der Waals surface area contributed by atoms with Crippen LogP contribution in [0.2, 0.25) is 0 Å². The average molecular weight is 427 g/mol. The number of hydrogen-bond acceptors (Lipinski definition) is 4. The van der Waals surface area contributed by atoms with Gasteiger partial charge >= 0.3 is 0 Å². The van der Waals surface area contributed by atoms with Crippen molar-refractivity contribution in [2.24, 2.45) is 5.73 Å². The van der Waals surface area contributed by atoms with Crippen LogP contribution in [0.3, 0.4) is 0 Å². The van der Waals surface area contributed by atoms with Crippen LogP contribution in [-0.2, 0) is 17.8 Å². The lowest BCUT2D eigenvalue weighted by Crippen LogP contribution is -2.38. The number of rotatable bonds is 6. The first-order valence-electron chi connectivity index (χ1n) is 10.3. The van der Waals surface area contributed by atoms with E-state index in [1.54, 1.807) is 25.6 Å². The van der Waals surface area contributed by atoms with E-state index in [9.17, 15) is 9.18 Å². The van der Waals surface area contributed by atoms with E-state index in [0.29, 0.717) is 43.9 Å². The average Bonchev–Trinajstić information content (AvgIpc) is 3.16. The topological polar surface area (TPSA) is 73.4 Å². The second-order valence-electron chi connectivity index (χ2n) is 7.75. The van der Waals surface area contributed by atoms with Crippen molar-refractivity contribution >= 4 is 16.8 Å². The summed E-state index contributed by atoms with van der Waals surface area (Å²) in [6.45, 7) is 2.82. The molecule has 166 valence electrons. The Morgan fingerprint density at radius 1 is 1.29 bits per heavy atom. The number of pyridine rings is 1. The number of piperidine rings is 1. The normalized spacial score (nSPS) is 14.6. The Hall–Kier alpha value is -2.77. The quantitative estimate of drug-likeness (QED) is 0.648. The third kappa shape index (κ3) is 4.62. The molecule has 4 rings (SSSR count). The van der Waals surface area contributed by atoms with Crippen molar-refractivity contribution in [3.05, 3.63) is 65.4 Å². The predicted molar refractivity (Wildman–Crippen MR) is 121 cm³/mol. The van der Waals surface area contributed by atoms with Crippen molar-refractivity contribution in [3.8, 4) is 0 Å². The van der Waals surface area contributed by atoms with E-state index in [0.717, 1.165) is 29.3 Å². The summed E-state index contributed by atoms with van der Waals surface area (Å²) in [5, 5.41) is 0.898. The number of halogens is 1. The van der Waals surface area contributed by atoms with E-state index in [1.807, 2.05) is 27.8 Å². The monoisotopic (exact) mass is 426 g/mol. The molecule has 1 amide bonds. The lowest BCUT2D eigenvalue weighted by Gasteiger charge is -2.32. The molecule has 0 atom stereocenters. The van der Waals surface area contributed by atoms with Crippen LogP contribution in [0.15, 0.2) is 42.9 Å². The smallest absolute Gasteiger partial charge is 0.256 e. The molecule has 0 spiro atoms. The molecular formula is C24H31FN4O2. The van der Waals surface area contributed by atoms with Crippen LogP contribution in [0.25, 0.3) is 10.9 Å². The number of ether oxygens (including phenoxy) is 1. The van der Waals surface area contributed by atoms with Crippen molar-refractivity contribution in [2.75, 3.05) is 26.8 Å². The van der Waals surface area contributed by atoms with Gasteiger partial charge in [-0.1, -0.05) is 19.6 Å². The number of fused-ring (bicyclic) bond motifs is 1. The van der Waals surface area contributed by atoms with Crippen molar-refractivity contribution < 1.29 is 13.9 Å². The van der Waals surface area contributed by atoms with E-state index in [4.69, 9.17) is 10.5 Å². The van der Waals surface area contributed by atoms with Gasteiger partial charge in [0.05, 0.1) is 23.9 Å². The minimum atomic E-state index is -0.189. The maximum absolute atomic E-state index is 14.3. The lowest BCUT2D eigenvalue weighted by atomic mass is 9.88. The van der Waals surface area contributed by atoms with E-state index in [2.05, 4.69) is 4.98 Å². The maximum Gasteiger partial charge on any atom is 0.256 e. The fourth-order valence-electron chi connectivity index (χ4n) is 4.28. The van der Waals surface area contributed by atoms with Gasteiger partial charge in [0.15, 0.2) is 0 Å². The zero-order valence-electron chi connectivity index (χ0n) is 17.2. The maximum atomic E-state index is 14.3. The van der Waals surface area contributed by atoms with E-state index >= 15 is 0 Å². The molecule has 1 aromatic carbocycles. The van der Waals surface area contributed by atoms with Crippen LogP contribution < -0.4 is 5.73 Å². The molecule has 1 saturated heterocycles. The zero-order valence-corrected chi connectivity index (χ0v) is 17.2. The van der Waals surface area contributed by atoms with Gasteiger partial charge in [0.25, 0.3) is 5.91 Å². The summed E-state index contributed by atoms with van der Waals surface area (Å²) in [5.74, 6) is -0.0736. The van der Waals surface area contributed by atoms with Gasteiger partial charge in [-0.05, 0) is 42.0 Å². The Kier molecular flexibility index (Phi) is 7.41. The summed E-state index contributed by atoms with van der Waals surface area (Å²) in [4.78, 5) is 19.4. The molecule has 0 unspecified atom stereocenters. The van der Waals surface area contributed by atoms with Gasteiger partial charge in [-0.2, -0.15) is 0 Å². The van der Waals surface area contributed by atoms with Crippen molar-refractivity contribution in [3.63, 3.8) is 0 Å². The van der Waals surface area contributed by atoms with Crippen molar-refractivity contribution in [1.29, 1.82) is 0 Å². The SMILES string of the molecule is C.COCCn1cc(C(=O)N2CCC(c3cc(CN)ccc3F)CC2)c2ccncc21. The van der Waals surface area contributed by atoms with Gasteiger partial charge < -0.3 is 19.9 Å². The molecule has 0 aliphatic carbocycles. The van der Waals surface area contributed by atoms with E-state index in [1.165, 1.54) is 6.07 Å². The van der Waals surface area contributed by atoms with Gasteiger partial charge in [0.1, 0.15) is 5.82 Å². The zero-order chi connectivity index (χ0) is 21.1. The fraction of sp³-hybridized carbons (Fsp3) is 0.417. The molecule has 0 saturated carbocycles. The van der Waals surface area contributed by atoms with Crippen molar-refractivity contribution in [2.45, 2.75) is 39.3 Å². The highest BCUT2D eigenvalue weighted by atomic mass is 19.1. The van der Waals surface area contributed by atoms with Crippen LogP contribution in [0.4, 0.5) is 4.39 Å². The highest BCUT2D eigenvalue weighted by molar-refractivity contribution is 6.06. The number of benzene rings is 1. The highest BCUT2D eigenvalue weighted by Crippen LogP contribution is 2.32. The second kappa shape index (κ2) is 10.0. The first-order valence-corrected chi connectivity index (χ1v) is 10.3. The van der Waals surface area contributed by atoms with Gasteiger partial charge in [0, 0.05) is 51.1 Å². The first kappa shape index (κ1) is 22.9. The van der Waals surface area contributed by atoms with Crippen LogP contribution in [0.1, 0.15) is 47.7 Å². The molecule has 0 bridgehead atoms. The summed E-state index contributed by atoms with van der Waals surface area (Å²) in [7, 11) is 1.66. The third-order valence-corrected chi connectivity index (χ3v) is 5.97. The van der Waals surface area contributed by atoms with Gasteiger partial charge in [-0.15, -0.1) is 0 Å². The van der Waals surface area contributed by atoms with E-state index in [-0.39, 0.29) is 25.1 Å². The Balaban J connectivity index is 0.00000272. The Morgan fingerprint density at radius 3 is 2.77 bits per heavy atom. The first-order chi connectivity index (χ1) is 14.6. The molecule has 31 heavy (non-hydrogen) atoms. The van der Waals surface area contributed by atoms with Crippen molar-refractivity contribution in [1.82, 2.24) is 14.5 Å². The van der Waals surface area contributed by atoms with Crippen LogP contribution in [0, 0.1) is 5.82 Å². The summed E-state index contributed by atoms with van der Waals surface area (Å²) in [6, 6.07) is 6.98. The standard InChI is InChI=1S/C23H27FN4O2.CH4/c1-30-11-10-28-15-20(18-4-7-26-14-22(18)28)23(29)27-8-5-17(6-9-27)19-12-16(13-25)2-3-21(19)24;/h2-4,7,12,14-15,17H,5-6,8-11,13,25H2,1H3;1H4. The van der Waals surface area contributed by atoms with Crippen LogP contribution in [-0.4, -0.2) is 47.2 Å². The molecule has 3 aromatic rings. The number of likely N-dealkylation sites (tertiary alicyclic amines) is 1. The van der Waals surface area contributed by atoms with Crippen LogP contribution in [0.5, 0.6) is 0 Å². The minimum absolute atomic E-state index is 0. The largest absolute Gasteiger partial charge is 0.383 e. The molecule has 2 N–H and O–H groups in total. The van der Waals surface area contributed by atoms with Gasteiger partial charge in [0.2, 0.25) is 0 Å². The number of methoxy groups -OCH3 is 1. The second-order valence-corrected chi connectivity index (χ2v) is 7.75. The summed E-state index contributed by atoms with van der Waals surface area (Å²) in [5.41, 5.74) is 8.96. The number of hydrogen-bond donors (Lipinski definition) is 1. The molecule has 3 heterocycles. The summed E-state index contributed by atoms with van der Waals surface area (Å²) < 4.78 is 21.5. The molecule has 1 fully saturated rings. The number of nitrogens with two attached hydrogens (primary N) is 1. The fourth-order valence-corrected chi connectivity index (χ4v) is 4.28. The Morgan fingerprint density at radius 2 is 2.06 bits per heavy atom. The predicted octanol–water partition coefficient (Wildman–Crippen LogP) is 3.94. The summed E-state index contributed by atoms with van der Waals surface area (Å²) >= 11 is 0. The van der Waals surface area contributed by atoms with Gasteiger partial charge in [-0.25, -0.2) is 4.39 Å². The number of carbonyl (C=O) groups is 1.